The van der Waals surface area contributed by atoms with Crippen molar-refractivity contribution >= 4 is 5.97 Å². The first-order valence-electron chi connectivity index (χ1n) is 21.7. The van der Waals surface area contributed by atoms with E-state index >= 15 is 0 Å². The number of aryl methyl sites for hydroxylation is 1. The van der Waals surface area contributed by atoms with Crippen LogP contribution in [0.1, 0.15) is 115 Å². The summed E-state index contributed by atoms with van der Waals surface area (Å²) < 4.78 is 0. The van der Waals surface area contributed by atoms with Gasteiger partial charge in [0, 0.05) is 55.6 Å². The Bertz CT molecular complexity index is 1710. The van der Waals surface area contributed by atoms with Crippen LogP contribution in [0.4, 0.5) is 0 Å². The Morgan fingerprint density at radius 2 is 1.75 bits per heavy atom. The van der Waals surface area contributed by atoms with Gasteiger partial charge in [0.1, 0.15) is 5.75 Å². The Balaban J connectivity index is 1.85. The molecule has 1 saturated heterocycles. The molecule has 59 heavy (non-hydrogen) atoms. The minimum Gasteiger partial charge on any atom is -0.508 e. The van der Waals surface area contributed by atoms with Crippen LogP contribution < -0.4 is 10.6 Å². The third-order valence-electron chi connectivity index (χ3n) is 12.3. The topological polar surface area (TPSA) is 203 Å². The lowest BCUT2D eigenvalue weighted by atomic mass is 9.79. The van der Waals surface area contributed by atoms with Crippen molar-refractivity contribution in [1.82, 2.24) is 10.6 Å². The number of carboxylic acids is 1. The van der Waals surface area contributed by atoms with Crippen LogP contribution in [0.5, 0.6) is 5.75 Å². The van der Waals surface area contributed by atoms with Crippen molar-refractivity contribution in [3.63, 3.8) is 0 Å². The number of fused-ring (bicyclic) bond motifs is 1. The van der Waals surface area contributed by atoms with Gasteiger partial charge in [0.15, 0.2) is 0 Å². The van der Waals surface area contributed by atoms with Gasteiger partial charge < -0.3 is 51.5 Å². The molecule has 1 fully saturated rings. The molecule has 10 N–H and O–H groups in total. The minimum atomic E-state index is -1.36. The van der Waals surface area contributed by atoms with Gasteiger partial charge in [-0.05, 0) is 118 Å². The van der Waals surface area contributed by atoms with Gasteiger partial charge in [0.2, 0.25) is 0 Å². The third kappa shape index (κ3) is 15.1. The predicted octanol–water partition coefficient (Wildman–Crippen LogP) is 4.92. The monoisotopic (exact) mass is 819 g/mol. The van der Waals surface area contributed by atoms with E-state index in [1.165, 1.54) is 0 Å². The maximum Gasteiger partial charge on any atom is 0.303 e. The number of benzene rings is 2. The molecule has 0 radical (unpaired) electrons. The summed E-state index contributed by atoms with van der Waals surface area (Å²) in [6.07, 6.45) is 7.25. The molecular weight excluding hydrogens is 749 g/mol. The van der Waals surface area contributed by atoms with Crippen LogP contribution in [-0.2, 0) is 17.6 Å². The average molecular weight is 819 g/mol. The van der Waals surface area contributed by atoms with E-state index in [0.29, 0.717) is 38.5 Å². The number of carbonyl (C=O) groups is 1. The van der Waals surface area contributed by atoms with E-state index in [1.54, 1.807) is 37.3 Å². The highest BCUT2D eigenvalue weighted by atomic mass is 16.4. The summed E-state index contributed by atoms with van der Waals surface area (Å²) >= 11 is 0. The zero-order valence-electron chi connectivity index (χ0n) is 35.3. The van der Waals surface area contributed by atoms with Crippen molar-refractivity contribution in [3.05, 3.63) is 88.5 Å². The summed E-state index contributed by atoms with van der Waals surface area (Å²) in [4.78, 5) is 12.1. The molecule has 0 spiro atoms. The molecule has 0 aromatic heterocycles. The van der Waals surface area contributed by atoms with Crippen LogP contribution in [0.3, 0.4) is 0 Å². The molecule has 2 heterocycles. The first-order chi connectivity index (χ1) is 28.2. The summed E-state index contributed by atoms with van der Waals surface area (Å²) in [6, 6.07) is 13.5. The first kappa shape index (κ1) is 48.1. The lowest BCUT2D eigenvalue weighted by Crippen LogP contribution is -2.54. The smallest absolute Gasteiger partial charge is 0.303 e. The number of nitrogens with one attached hydrogen (secondary N) is 2. The van der Waals surface area contributed by atoms with Crippen molar-refractivity contribution in [3.8, 4) is 17.6 Å². The maximum atomic E-state index is 12.4. The fourth-order valence-electron chi connectivity index (χ4n) is 8.84. The molecule has 0 saturated carbocycles. The molecule has 0 bridgehead atoms. The largest absolute Gasteiger partial charge is 0.508 e. The Morgan fingerprint density at radius 1 is 1.00 bits per heavy atom. The van der Waals surface area contributed by atoms with Gasteiger partial charge in [-0.25, -0.2) is 0 Å². The molecule has 11 heteroatoms. The quantitative estimate of drug-likeness (QED) is 0.0863. The molecular formula is C48H70N2O9. The number of hydrogen-bond acceptors (Lipinski definition) is 10. The molecule has 326 valence electrons. The second-order valence-electron chi connectivity index (χ2n) is 17.2. The summed E-state index contributed by atoms with van der Waals surface area (Å²) in [5.41, 5.74) is 2.96. The molecule has 4 rings (SSSR count). The zero-order chi connectivity index (χ0) is 43.0. The number of aliphatic hydroxyl groups is 6. The van der Waals surface area contributed by atoms with Crippen molar-refractivity contribution < 1.29 is 45.6 Å². The molecule has 2 aliphatic rings. The minimum absolute atomic E-state index is 0.0607. The second-order valence-corrected chi connectivity index (χ2v) is 17.2. The van der Waals surface area contributed by atoms with Crippen molar-refractivity contribution in [2.75, 3.05) is 13.2 Å². The highest BCUT2D eigenvalue weighted by molar-refractivity contribution is 5.67. The first-order valence-corrected chi connectivity index (χ1v) is 21.7. The maximum absolute atomic E-state index is 12.4. The summed E-state index contributed by atoms with van der Waals surface area (Å²) in [5, 5.41) is 93.3. The molecule has 0 unspecified atom stereocenters. The van der Waals surface area contributed by atoms with E-state index in [0.717, 1.165) is 53.5 Å². The van der Waals surface area contributed by atoms with Crippen molar-refractivity contribution in [1.29, 1.82) is 0 Å². The van der Waals surface area contributed by atoms with Crippen LogP contribution >= 0.6 is 0 Å². The zero-order valence-corrected chi connectivity index (χ0v) is 35.3. The Morgan fingerprint density at radius 3 is 2.44 bits per heavy atom. The number of aliphatic carboxylic acids is 1. The Labute approximate surface area is 351 Å². The van der Waals surface area contributed by atoms with Gasteiger partial charge in [-0.1, -0.05) is 80.5 Å². The normalized spacial score (nSPS) is 26.9. The number of rotatable bonds is 19. The highest BCUT2D eigenvalue weighted by Gasteiger charge is 2.37. The number of phenolic OH excluding ortho intramolecular Hbond substituents is 1. The van der Waals surface area contributed by atoms with E-state index in [2.05, 4.69) is 29.4 Å². The van der Waals surface area contributed by atoms with Gasteiger partial charge in [-0.15, -0.1) is 0 Å². The number of aliphatic hydroxyl groups excluding tert-OH is 5. The number of aromatic hydroxyl groups is 1. The molecule has 0 aliphatic carbocycles. The third-order valence-corrected chi connectivity index (χ3v) is 12.3. The average Bonchev–Trinajstić information content (AvgIpc) is 3.35. The van der Waals surface area contributed by atoms with Crippen LogP contribution in [0.2, 0.25) is 0 Å². The van der Waals surface area contributed by atoms with Gasteiger partial charge >= 0.3 is 5.97 Å². The number of carboxylic acid groups (broad SMARTS) is 1. The Hall–Kier alpha value is -3.57. The molecule has 11 nitrogen and oxygen atoms in total. The van der Waals surface area contributed by atoms with Gasteiger partial charge in [-0.2, -0.15) is 0 Å². The van der Waals surface area contributed by atoms with Crippen LogP contribution in [0.15, 0.2) is 71.8 Å². The highest BCUT2D eigenvalue weighted by Crippen LogP contribution is 2.33. The molecule has 0 amide bonds. The van der Waals surface area contributed by atoms with Crippen molar-refractivity contribution in [2.24, 2.45) is 11.8 Å². The standard InChI is InChI=1S/C48H70N2O9/c1-4-5-15-44(55)45(56)26-23-36-22-21-35-11-7-6-10-34(35)12-8-16-46(48(3,59)29-33-18-24-38(53)25-19-33)50-43(40(36)27-39(54)31-52)14-9-13-42-41(28-47(57)58)37(30-51)20-17-32(2)49-42/h6-7,10-11,18-19,23-26,32,37,39,41-46,49-56,59H,4-5,9,13-17,20-22,27-31H2,1-3H3,(H,57,58)/b26-23+,40-36+/t32-,37-,39-,41-,42+,43-,44-,45+,46+,48-/m0/s1. The van der Waals surface area contributed by atoms with Crippen LogP contribution in [0, 0.1) is 23.7 Å². The van der Waals surface area contributed by atoms with E-state index in [-0.39, 0.29) is 62.0 Å². The van der Waals surface area contributed by atoms with Gasteiger partial charge in [0.05, 0.1) is 30.5 Å². The summed E-state index contributed by atoms with van der Waals surface area (Å²) in [7, 11) is 0. The summed E-state index contributed by atoms with van der Waals surface area (Å²) in [6.45, 7) is 5.31. The predicted molar refractivity (Wildman–Crippen MR) is 231 cm³/mol. The molecule has 2 aromatic carbocycles. The van der Waals surface area contributed by atoms with E-state index in [4.69, 9.17) is 0 Å². The molecule has 2 aromatic rings. The lowest BCUT2D eigenvalue weighted by molar-refractivity contribution is -0.139. The van der Waals surface area contributed by atoms with Gasteiger partial charge in [0.25, 0.3) is 0 Å². The van der Waals surface area contributed by atoms with Gasteiger partial charge in [-0.3, -0.25) is 4.79 Å². The van der Waals surface area contributed by atoms with Crippen molar-refractivity contribution in [2.45, 2.75) is 159 Å². The number of allylic oxidation sites excluding steroid dienone is 2. The van der Waals surface area contributed by atoms with Crippen LogP contribution in [0.25, 0.3) is 0 Å². The van der Waals surface area contributed by atoms with E-state index < -0.39 is 48.6 Å². The van der Waals surface area contributed by atoms with E-state index in [9.17, 15) is 45.6 Å². The van der Waals surface area contributed by atoms with Crippen LogP contribution in [-0.4, -0.2) is 108 Å². The number of unbranched alkanes of at least 4 members (excludes halogenated alkanes) is 1. The number of phenols is 1. The Kier molecular flexibility index (Phi) is 19.6. The molecule has 10 atom stereocenters. The fourth-order valence-corrected chi connectivity index (χ4v) is 8.84. The number of hydrogen-bond donors (Lipinski definition) is 10. The fraction of sp³-hybridized carbons (Fsp3) is 0.604. The molecule has 2 aliphatic heterocycles. The SMILES string of the molecule is CCCC[C@H](O)[C@H](O)/C=C/C1=C(\C[C@H](O)CO)[C@H](CCC[C@H]2N[C@@H](C)CC[C@@H](CO)[C@@H]2CC(=O)O)N[C@@H]([C@@](C)(O)Cc2ccc(O)cc2)CC#Cc2ccccc2CC1. The lowest BCUT2D eigenvalue weighted by Gasteiger charge is -2.38. The summed E-state index contributed by atoms with van der Waals surface area (Å²) in [5.74, 6) is 5.50. The second kappa shape index (κ2) is 24.0. The van der Waals surface area contributed by atoms with E-state index in [1.807, 2.05) is 37.3 Å².